The summed E-state index contributed by atoms with van der Waals surface area (Å²) in [5, 5.41) is 3.52. The molecule has 100 valence electrons. The molecular formula is C16H26N2. The summed E-state index contributed by atoms with van der Waals surface area (Å²) in [5.41, 5.74) is 2.78. The van der Waals surface area contributed by atoms with Gasteiger partial charge < -0.3 is 5.32 Å². The van der Waals surface area contributed by atoms with E-state index >= 15 is 0 Å². The van der Waals surface area contributed by atoms with Gasteiger partial charge in [0.05, 0.1) is 0 Å². The molecule has 2 atom stereocenters. The summed E-state index contributed by atoms with van der Waals surface area (Å²) >= 11 is 0. The number of rotatable bonds is 4. The second kappa shape index (κ2) is 6.35. The highest BCUT2D eigenvalue weighted by atomic mass is 15.2. The average Bonchev–Trinajstić information content (AvgIpc) is 2.41. The van der Waals surface area contributed by atoms with Gasteiger partial charge in [-0.1, -0.05) is 36.8 Å². The van der Waals surface area contributed by atoms with Crippen LogP contribution in [0.25, 0.3) is 0 Å². The van der Waals surface area contributed by atoms with Crippen molar-refractivity contribution < 1.29 is 0 Å². The fourth-order valence-electron chi connectivity index (χ4n) is 3.00. The van der Waals surface area contributed by atoms with E-state index in [1.165, 1.54) is 30.5 Å². The second-order valence-corrected chi connectivity index (χ2v) is 5.42. The Morgan fingerprint density at radius 3 is 2.61 bits per heavy atom. The minimum atomic E-state index is 0.514. The van der Waals surface area contributed by atoms with E-state index in [0.717, 1.165) is 13.1 Å². The molecule has 0 aliphatic carbocycles. The number of nitrogens with one attached hydrogen (secondary N) is 1. The topological polar surface area (TPSA) is 15.3 Å². The van der Waals surface area contributed by atoms with Gasteiger partial charge in [0, 0.05) is 18.6 Å². The van der Waals surface area contributed by atoms with Crippen molar-refractivity contribution in [3.05, 3.63) is 35.4 Å². The van der Waals surface area contributed by atoms with Gasteiger partial charge in [-0.05, 0) is 45.3 Å². The molecule has 1 aliphatic heterocycles. The van der Waals surface area contributed by atoms with E-state index in [1.807, 2.05) is 0 Å². The van der Waals surface area contributed by atoms with Gasteiger partial charge in [0.1, 0.15) is 0 Å². The van der Waals surface area contributed by atoms with Crippen LogP contribution in [-0.4, -0.2) is 30.6 Å². The summed E-state index contributed by atoms with van der Waals surface area (Å²) in [6, 6.07) is 10.2. The van der Waals surface area contributed by atoms with Gasteiger partial charge in [0.25, 0.3) is 0 Å². The van der Waals surface area contributed by atoms with E-state index in [9.17, 15) is 0 Å². The van der Waals surface area contributed by atoms with E-state index in [-0.39, 0.29) is 0 Å². The molecule has 0 aromatic heterocycles. The first-order chi connectivity index (χ1) is 8.72. The van der Waals surface area contributed by atoms with Crippen molar-refractivity contribution in [2.45, 2.75) is 45.7 Å². The third-order valence-electron chi connectivity index (χ3n) is 4.16. The standard InChI is InChI=1S/C16H26N2/c1-4-18(16-6-5-11-17-12-16)14(3)15-9-7-13(2)8-10-15/h7-10,14,16-17H,4-6,11-12H2,1-3H3. The Balaban J connectivity index is 2.08. The fourth-order valence-corrected chi connectivity index (χ4v) is 3.00. The summed E-state index contributed by atoms with van der Waals surface area (Å²) in [7, 11) is 0. The largest absolute Gasteiger partial charge is 0.315 e. The Hall–Kier alpha value is -0.860. The van der Waals surface area contributed by atoms with Gasteiger partial charge in [-0.2, -0.15) is 0 Å². The first kappa shape index (κ1) is 13.6. The molecule has 2 rings (SSSR count). The number of hydrogen-bond donors (Lipinski definition) is 1. The third kappa shape index (κ3) is 3.12. The summed E-state index contributed by atoms with van der Waals surface area (Å²) < 4.78 is 0. The molecule has 0 saturated carbocycles. The molecule has 1 N–H and O–H groups in total. The highest BCUT2D eigenvalue weighted by molar-refractivity contribution is 5.24. The molecule has 0 spiro atoms. The smallest absolute Gasteiger partial charge is 0.0323 e. The Kier molecular flexibility index (Phi) is 4.79. The van der Waals surface area contributed by atoms with Crippen LogP contribution in [0.1, 0.15) is 43.9 Å². The number of likely N-dealkylation sites (N-methyl/N-ethyl adjacent to an activating group) is 1. The molecular weight excluding hydrogens is 220 g/mol. The van der Waals surface area contributed by atoms with Gasteiger partial charge >= 0.3 is 0 Å². The van der Waals surface area contributed by atoms with E-state index in [4.69, 9.17) is 0 Å². The highest BCUT2D eigenvalue weighted by Gasteiger charge is 2.24. The fraction of sp³-hybridized carbons (Fsp3) is 0.625. The molecule has 1 aliphatic rings. The van der Waals surface area contributed by atoms with Crippen molar-refractivity contribution in [1.29, 1.82) is 0 Å². The Bertz CT molecular complexity index is 352. The van der Waals surface area contributed by atoms with Crippen LogP contribution in [0, 0.1) is 6.92 Å². The van der Waals surface area contributed by atoms with Gasteiger partial charge in [-0.25, -0.2) is 0 Å². The Labute approximate surface area is 111 Å². The molecule has 1 saturated heterocycles. The van der Waals surface area contributed by atoms with Crippen molar-refractivity contribution in [2.75, 3.05) is 19.6 Å². The van der Waals surface area contributed by atoms with Crippen LogP contribution in [0.2, 0.25) is 0 Å². The van der Waals surface area contributed by atoms with Crippen LogP contribution in [0.15, 0.2) is 24.3 Å². The molecule has 2 unspecified atom stereocenters. The van der Waals surface area contributed by atoms with Crippen molar-refractivity contribution in [3.63, 3.8) is 0 Å². The van der Waals surface area contributed by atoms with Crippen LogP contribution in [0.4, 0.5) is 0 Å². The maximum Gasteiger partial charge on any atom is 0.0323 e. The maximum absolute atomic E-state index is 3.52. The minimum absolute atomic E-state index is 0.514. The van der Waals surface area contributed by atoms with Gasteiger partial charge in [0.15, 0.2) is 0 Å². The first-order valence-corrected chi connectivity index (χ1v) is 7.25. The molecule has 18 heavy (non-hydrogen) atoms. The molecule has 2 heteroatoms. The molecule has 1 aromatic carbocycles. The summed E-state index contributed by atoms with van der Waals surface area (Å²) in [6.45, 7) is 10.2. The van der Waals surface area contributed by atoms with E-state index in [0.29, 0.717) is 12.1 Å². The van der Waals surface area contributed by atoms with Crippen LogP contribution >= 0.6 is 0 Å². The zero-order valence-corrected chi connectivity index (χ0v) is 11.9. The van der Waals surface area contributed by atoms with Gasteiger partial charge in [0.2, 0.25) is 0 Å². The quantitative estimate of drug-likeness (QED) is 0.878. The van der Waals surface area contributed by atoms with Gasteiger partial charge in [-0.15, -0.1) is 0 Å². The van der Waals surface area contributed by atoms with Crippen LogP contribution in [0.3, 0.4) is 0 Å². The van der Waals surface area contributed by atoms with Crippen molar-refractivity contribution in [2.24, 2.45) is 0 Å². The number of nitrogens with zero attached hydrogens (tertiary/aromatic N) is 1. The normalized spacial score (nSPS) is 22.1. The van der Waals surface area contributed by atoms with Crippen LogP contribution in [0.5, 0.6) is 0 Å². The number of aryl methyl sites for hydroxylation is 1. The number of piperidine rings is 1. The van der Waals surface area contributed by atoms with E-state index in [1.54, 1.807) is 0 Å². The van der Waals surface area contributed by atoms with Gasteiger partial charge in [-0.3, -0.25) is 4.90 Å². The highest BCUT2D eigenvalue weighted by Crippen LogP contribution is 2.25. The second-order valence-electron chi connectivity index (χ2n) is 5.42. The molecule has 1 heterocycles. The third-order valence-corrected chi connectivity index (χ3v) is 4.16. The van der Waals surface area contributed by atoms with Crippen LogP contribution in [-0.2, 0) is 0 Å². The van der Waals surface area contributed by atoms with Crippen molar-refractivity contribution in [3.8, 4) is 0 Å². The SMILES string of the molecule is CCN(C1CCCNC1)C(C)c1ccc(C)cc1. The lowest BCUT2D eigenvalue weighted by Crippen LogP contribution is -2.46. The lowest BCUT2D eigenvalue weighted by Gasteiger charge is -2.38. The average molecular weight is 246 g/mol. The monoisotopic (exact) mass is 246 g/mol. The van der Waals surface area contributed by atoms with Crippen molar-refractivity contribution >= 4 is 0 Å². The number of hydrogen-bond acceptors (Lipinski definition) is 2. The minimum Gasteiger partial charge on any atom is -0.315 e. The predicted molar refractivity (Wildman–Crippen MR) is 77.9 cm³/mol. The summed E-state index contributed by atoms with van der Waals surface area (Å²) in [5.74, 6) is 0. The molecule has 1 fully saturated rings. The predicted octanol–water partition coefficient (Wildman–Crippen LogP) is 3.13. The Morgan fingerprint density at radius 1 is 1.33 bits per heavy atom. The van der Waals surface area contributed by atoms with Crippen LogP contribution < -0.4 is 5.32 Å². The summed E-state index contributed by atoms with van der Waals surface area (Å²) in [6.07, 6.45) is 2.64. The lowest BCUT2D eigenvalue weighted by molar-refractivity contribution is 0.128. The number of benzene rings is 1. The summed E-state index contributed by atoms with van der Waals surface area (Å²) in [4.78, 5) is 2.64. The van der Waals surface area contributed by atoms with Crippen molar-refractivity contribution in [1.82, 2.24) is 10.2 Å². The first-order valence-electron chi connectivity index (χ1n) is 7.25. The zero-order chi connectivity index (χ0) is 13.0. The zero-order valence-electron chi connectivity index (χ0n) is 11.9. The van der Waals surface area contributed by atoms with E-state index < -0.39 is 0 Å². The molecule has 1 aromatic rings. The van der Waals surface area contributed by atoms with E-state index in [2.05, 4.69) is 55.3 Å². The molecule has 0 radical (unpaired) electrons. The lowest BCUT2D eigenvalue weighted by atomic mass is 10.00. The maximum atomic E-state index is 3.52. The Morgan fingerprint density at radius 2 is 2.06 bits per heavy atom. The molecule has 2 nitrogen and oxygen atoms in total. The molecule has 0 amide bonds. The molecule has 0 bridgehead atoms.